The third kappa shape index (κ3) is 3.83. The average molecular weight is 389 g/mol. The van der Waals surface area contributed by atoms with Crippen LogP contribution in [-0.2, 0) is 16.4 Å². The second-order valence-corrected chi connectivity index (χ2v) is 8.29. The Bertz CT molecular complexity index is 1020. The number of nitrogens with one attached hydrogen (secondary N) is 1. The fourth-order valence-electron chi connectivity index (χ4n) is 3.02. The van der Waals surface area contributed by atoms with Crippen LogP contribution in [0, 0.1) is 10.1 Å². The fourth-order valence-corrected chi connectivity index (χ4v) is 4.32. The topological polar surface area (TPSA) is 110 Å². The van der Waals surface area contributed by atoms with Crippen LogP contribution in [0.1, 0.15) is 29.8 Å². The van der Waals surface area contributed by atoms with Crippen LogP contribution >= 0.6 is 0 Å². The Labute approximate surface area is 157 Å². The van der Waals surface area contributed by atoms with Gasteiger partial charge < -0.3 is 4.90 Å². The number of rotatable bonds is 5. The number of anilines is 1. The summed E-state index contributed by atoms with van der Waals surface area (Å²) in [7, 11) is -3.73. The van der Waals surface area contributed by atoms with Crippen molar-refractivity contribution < 1.29 is 18.1 Å². The van der Waals surface area contributed by atoms with Crippen LogP contribution in [0.25, 0.3) is 0 Å². The quantitative estimate of drug-likeness (QED) is 0.624. The van der Waals surface area contributed by atoms with E-state index in [0.29, 0.717) is 18.7 Å². The van der Waals surface area contributed by atoms with Crippen molar-refractivity contribution in [3.8, 4) is 0 Å². The van der Waals surface area contributed by atoms with E-state index in [1.165, 1.54) is 41.3 Å². The van der Waals surface area contributed by atoms with Gasteiger partial charge in [-0.2, -0.15) is 0 Å². The van der Waals surface area contributed by atoms with E-state index in [1.807, 2.05) is 0 Å². The Morgan fingerprint density at radius 3 is 2.63 bits per heavy atom. The molecule has 1 heterocycles. The zero-order chi connectivity index (χ0) is 19.8. The SMILES string of the molecule is CC(C)NS(=O)(=O)c1cccc(C(=O)N2CCc3ccc([N+](=O)[O-])cc32)c1. The van der Waals surface area contributed by atoms with Crippen molar-refractivity contribution in [1.29, 1.82) is 0 Å². The number of nitro groups is 1. The van der Waals surface area contributed by atoms with Gasteiger partial charge in [0.1, 0.15) is 0 Å². The number of non-ortho nitro benzene ring substituents is 1. The monoisotopic (exact) mass is 389 g/mol. The number of fused-ring (bicyclic) bond motifs is 1. The van der Waals surface area contributed by atoms with Crippen LogP contribution in [-0.4, -0.2) is 31.8 Å². The van der Waals surface area contributed by atoms with Gasteiger partial charge in [-0.05, 0) is 44.0 Å². The molecule has 0 aliphatic carbocycles. The van der Waals surface area contributed by atoms with Gasteiger partial charge in [0.15, 0.2) is 0 Å². The van der Waals surface area contributed by atoms with Crippen LogP contribution in [0.15, 0.2) is 47.4 Å². The summed E-state index contributed by atoms with van der Waals surface area (Å²) < 4.78 is 27.2. The molecule has 0 saturated carbocycles. The van der Waals surface area contributed by atoms with E-state index in [4.69, 9.17) is 0 Å². The number of benzene rings is 2. The first-order valence-corrected chi connectivity index (χ1v) is 9.89. The Morgan fingerprint density at radius 1 is 1.22 bits per heavy atom. The lowest BCUT2D eigenvalue weighted by atomic mass is 10.1. The molecule has 0 unspecified atom stereocenters. The summed E-state index contributed by atoms with van der Waals surface area (Å²) in [4.78, 5) is 24.9. The highest BCUT2D eigenvalue weighted by Crippen LogP contribution is 2.32. The first kappa shape index (κ1) is 19.0. The molecule has 3 rings (SSSR count). The van der Waals surface area contributed by atoms with Crippen molar-refractivity contribution >= 4 is 27.3 Å². The summed E-state index contributed by atoms with van der Waals surface area (Å²) in [6, 6.07) is 9.94. The molecule has 0 radical (unpaired) electrons. The maximum Gasteiger partial charge on any atom is 0.271 e. The molecule has 1 N–H and O–H groups in total. The van der Waals surface area contributed by atoms with Gasteiger partial charge in [0, 0.05) is 30.3 Å². The molecule has 0 spiro atoms. The molecule has 8 nitrogen and oxygen atoms in total. The maximum atomic E-state index is 12.9. The summed E-state index contributed by atoms with van der Waals surface area (Å²) in [5, 5.41) is 11.0. The summed E-state index contributed by atoms with van der Waals surface area (Å²) in [5.41, 5.74) is 1.45. The van der Waals surface area contributed by atoms with Gasteiger partial charge >= 0.3 is 0 Å². The van der Waals surface area contributed by atoms with Crippen LogP contribution in [0.2, 0.25) is 0 Å². The first-order chi connectivity index (χ1) is 12.7. The number of carbonyl (C=O) groups excluding carboxylic acids is 1. The molecule has 0 aromatic heterocycles. The van der Waals surface area contributed by atoms with Crippen LogP contribution in [0.4, 0.5) is 11.4 Å². The number of hydrogen-bond acceptors (Lipinski definition) is 5. The third-order valence-electron chi connectivity index (χ3n) is 4.20. The minimum absolute atomic E-state index is 0.000475. The van der Waals surface area contributed by atoms with Gasteiger partial charge in [-0.3, -0.25) is 14.9 Å². The second kappa shape index (κ2) is 7.09. The van der Waals surface area contributed by atoms with Crippen molar-refractivity contribution in [1.82, 2.24) is 4.72 Å². The van der Waals surface area contributed by atoms with E-state index in [0.717, 1.165) is 5.56 Å². The minimum Gasteiger partial charge on any atom is -0.307 e. The third-order valence-corrected chi connectivity index (χ3v) is 5.86. The Morgan fingerprint density at radius 2 is 1.96 bits per heavy atom. The molecule has 9 heteroatoms. The lowest BCUT2D eigenvalue weighted by molar-refractivity contribution is -0.384. The van der Waals surface area contributed by atoms with Crippen molar-refractivity contribution in [3.05, 3.63) is 63.7 Å². The van der Waals surface area contributed by atoms with Crippen LogP contribution in [0.3, 0.4) is 0 Å². The number of hydrogen-bond donors (Lipinski definition) is 1. The fraction of sp³-hybridized carbons (Fsp3) is 0.278. The van der Waals surface area contributed by atoms with Gasteiger partial charge in [-0.25, -0.2) is 13.1 Å². The summed E-state index contributed by atoms with van der Waals surface area (Å²) >= 11 is 0. The minimum atomic E-state index is -3.73. The number of carbonyl (C=O) groups is 1. The summed E-state index contributed by atoms with van der Waals surface area (Å²) in [5.74, 6) is -0.393. The first-order valence-electron chi connectivity index (χ1n) is 8.40. The Balaban J connectivity index is 1.94. The highest BCUT2D eigenvalue weighted by atomic mass is 32.2. The van der Waals surface area contributed by atoms with Gasteiger partial charge in [0.05, 0.1) is 15.5 Å². The highest BCUT2D eigenvalue weighted by Gasteiger charge is 2.28. The zero-order valence-electron chi connectivity index (χ0n) is 14.9. The standard InChI is InChI=1S/C18H19N3O5S/c1-12(2)19-27(25,26)16-5-3-4-14(10-16)18(22)20-9-8-13-6-7-15(21(23)24)11-17(13)20/h3-7,10-12,19H,8-9H2,1-2H3. The van der Waals surface area contributed by atoms with Crippen molar-refractivity contribution in [2.45, 2.75) is 31.2 Å². The normalized spacial score (nSPS) is 13.7. The van der Waals surface area contributed by atoms with Gasteiger partial charge in [0.2, 0.25) is 10.0 Å². The molecule has 1 aliphatic rings. The molecule has 0 fully saturated rings. The largest absolute Gasteiger partial charge is 0.307 e. The average Bonchev–Trinajstić information content (AvgIpc) is 3.03. The number of amides is 1. The van der Waals surface area contributed by atoms with E-state index >= 15 is 0 Å². The summed E-state index contributed by atoms with van der Waals surface area (Å²) in [6.07, 6.45) is 0.589. The smallest absolute Gasteiger partial charge is 0.271 e. The predicted octanol–water partition coefficient (Wildman–Crippen LogP) is 2.48. The maximum absolute atomic E-state index is 12.9. The van der Waals surface area contributed by atoms with Crippen LogP contribution in [0.5, 0.6) is 0 Å². The van der Waals surface area contributed by atoms with Crippen molar-refractivity contribution in [2.75, 3.05) is 11.4 Å². The Hall–Kier alpha value is -2.78. The molecule has 0 bridgehead atoms. The number of nitrogens with zero attached hydrogens (tertiary/aromatic N) is 2. The van der Waals surface area contributed by atoms with Gasteiger partial charge in [-0.15, -0.1) is 0 Å². The molecule has 27 heavy (non-hydrogen) atoms. The van der Waals surface area contributed by atoms with Gasteiger partial charge in [0.25, 0.3) is 11.6 Å². The molecule has 2 aromatic rings. The predicted molar refractivity (Wildman–Crippen MR) is 100 cm³/mol. The Kier molecular flexibility index (Phi) is 4.99. The lowest BCUT2D eigenvalue weighted by Gasteiger charge is -2.18. The molecule has 1 amide bonds. The molecule has 0 atom stereocenters. The molecular weight excluding hydrogens is 370 g/mol. The van der Waals surface area contributed by atoms with Crippen molar-refractivity contribution in [3.63, 3.8) is 0 Å². The molecule has 0 saturated heterocycles. The van der Waals surface area contributed by atoms with Gasteiger partial charge in [-0.1, -0.05) is 12.1 Å². The van der Waals surface area contributed by atoms with E-state index in [9.17, 15) is 23.3 Å². The van der Waals surface area contributed by atoms with E-state index < -0.39 is 20.9 Å². The van der Waals surface area contributed by atoms with Crippen LogP contribution < -0.4 is 9.62 Å². The van der Waals surface area contributed by atoms with E-state index in [1.54, 1.807) is 19.9 Å². The molecule has 1 aliphatic heterocycles. The number of nitro benzene ring substituents is 1. The second-order valence-electron chi connectivity index (χ2n) is 6.58. The van der Waals surface area contributed by atoms with E-state index in [2.05, 4.69) is 4.72 Å². The highest BCUT2D eigenvalue weighted by molar-refractivity contribution is 7.89. The zero-order valence-corrected chi connectivity index (χ0v) is 15.7. The summed E-state index contributed by atoms with van der Waals surface area (Å²) in [6.45, 7) is 3.80. The van der Waals surface area contributed by atoms with Crippen molar-refractivity contribution in [2.24, 2.45) is 0 Å². The lowest BCUT2D eigenvalue weighted by Crippen LogP contribution is -2.31. The molecular formula is C18H19N3O5S. The van der Waals surface area contributed by atoms with E-state index in [-0.39, 0.29) is 22.2 Å². The molecule has 2 aromatic carbocycles. The number of sulfonamides is 1. The molecule has 142 valence electrons.